The summed E-state index contributed by atoms with van der Waals surface area (Å²) < 4.78 is 1.04. The van der Waals surface area contributed by atoms with E-state index in [9.17, 15) is 0 Å². The highest BCUT2D eigenvalue weighted by atomic mass is 79.9. The molecule has 1 aromatic carbocycles. The van der Waals surface area contributed by atoms with Gasteiger partial charge in [0.15, 0.2) is 0 Å². The van der Waals surface area contributed by atoms with Gasteiger partial charge in [0.05, 0.1) is 0 Å². The van der Waals surface area contributed by atoms with Crippen LogP contribution in [-0.4, -0.2) is 11.7 Å². The largest absolute Gasteiger partial charge is 0.396 e. The number of hydrogen-bond donors (Lipinski definition) is 2. The zero-order valence-corrected chi connectivity index (χ0v) is 9.92. The predicted octanol–water partition coefficient (Wildman–Crippen LogP) is 2.40. The zero-order valence-electron chi connectivity index (χ0n) is 8.33. The fraction of sp³-hybridized carbons (Fsp3) is 0.455. The quantitative estimate of drug-likeness (QED) is 0.871. The Morgan fingerprint density at radius 2 is 2.21 bits per heavy atom. The van der Waals surface area contributed by atoms with Gasteiger partial charge in [0.25, 0.3) is 0 Å². The standard InChI is InChI=1S/C11H16BrNO/c1-11(13,6-3-7-14)9-4-2-5-10(12)8-9/h2,4-5,8,14H,3,6-7,13H2,1H3. The van der Waals surface area contributed by atoms with Crippen LogP contribution >= 0.6 is 15.9 Å². The molecule has 0 heterocycles. The van der Waals surface area contributed by atoms with Crippen LogP contribution in [0.25, 0.3) is 0 Å². The molecule has 0 aliphatic carbocycles. The molecule has 0 saturated heterocycles. The molecule has 1 aromatic rings. The van der Waals surface area contributed by atoms with E-state index in [0.29, 0.717) is 0 Å². The summed E-state index contributed by atoms with van der Waals surface area (Å²) in [5, 5.41) is 8.77. The van der Waals surface area contributed by atoms with Gasteiger partial charge >= 0.3 is 0 Å². The smallest absolute Gasteiger partial charge is 0.0431 e. The lowest BCUT2D eigenvalue weighted by molar-refractivity contribution is 0.265. The van der Waals surface area contributed by atoms with Gasteiger partial charge in [-0.1, -0.05) is 28.1 Å². The molecule has 0 radical (unpaired) electrons. The second kappa shape index (κ2) is 4.91. The summed E-state index contributed by atoms with van der Waals surface area (Å²) in [5.74, 6) is 0. The highest BCUT2D eigenvalue weighted by Crippen LogP contribution is 2.25. The average molecular weight is 258 g/mol. The summed E-state index contributed by atoms with van der Waals surface area (Å²) in [7, 11) is 0. The van der Waals surface area contributed by atoms with E-state index in [4.69, 9.17) is 10.8 Å². The maximum absolute atomic E-state index is 8.77. The van der Waals surface area contributed by atoms with Gasteiger partial charge in [-0.15, -0.1) is 0 Å². The van der Waals surface area contributed by atoms with Crippen LogP contribution in [0.2, 0.25) is 0 Å². The Kier molecular flexibility index (Phi) is 4.11. The average Bonchev–Trinajstić information content (AvgIpc) is 2.15. The van der Waals surface area contributed by atoms with Crippen molar-refractivity contribution in [2.45, 2.75) is 25.3 Å². The number of aliphatic hydroxyl groups excluding tert-OH is 1. The van der Waals surface area contributed by atoms with Gasteiger partial charge in [-0.2, -0.15) is 0 Å². The summed E-state index contributed by atoms with van der Waals surface area (Å²) in [6.07, 6.45) is 1.53. The van der Waals surface area contributed by atoms with Crippen LogP contribution in [0, 0.1) is 0 Å². The molecule has 14 heavy (non-hydrogen) atoms. The Hall–Kier alpha value is -0.380. The molecule has 0 amide bonds. The van der Waals surface area contributed by atoms with E-state index in [1.165, 1.54) is 0 Å². The highest BCUT2D eigenvalue weighted by Gasteiger charge is 2.20. The molecule has 0 spiro atoms. The second-order valence-electron chi connectivity index (χ2n) is 3.75. The van der Waals surface area contributed by atoms with Crippen LogP contribution in [-0.2, 0) is 5.54 Å². The Bertz CT molecular complexity index is 299. The summed E-state index contributed by atoms with van der Waals surface area (Å²) >= 11 is 3.42. The first-order valence-electron chi connectivity index (χ1n) is 4.72. The Labute approximate surface area is 93.3 Å². The lowest BCUT2D eigenvalue weighted by Gasteiger charge is -2.25. The van der Waals surface area contributed by atoms with Crippen molar-refractivity contribution in [2.75, 3.05) is 6.61 Å². The summed E-state index contributed by atoms with van der Waals surface area (Å²) in [5.41, 5.74) is 6.90. The van der Waals surface area contributed by atoms with E-state index in [2.05, 4.69) is 15.9 Å². The van der Waals surface area contributed by atoms with E-state index < -0.39 is 0 Å². The van der Waals surface area contributed by atoms with Gasteiger partial charge in [0, 0.05) is 16.6 Å². The second-order valence-corrected chi connectivity index (χ2v) is 4.67. The van der Waals surface area contributed by atoms with Gasteiger partial charge < -0.3 is 10.8 Å². The fourth-order valence-electron chi connectivity index (χ4n) is 1.43. The number of halogens is 1. The lowest BCUT2D eigenvalue weighted by Crippen LogP contribution is -2.33. The maximum Gasteiger partial charge on any atom is 0.0431 e. The molecule has 2 nitrogen and oxygen atoms in total. The topological polar surface area (TPSA) is 46.2 Å². The Morgan fingerprint density at radius 1 is 1.50 bits per heavy atom. The summed E-state index contributed by atoms with van der Waals surface area (Å²) in [6, 6.07) is 7.99. The number of rotatable bonds is 4. The van der Waals surface area contributed by atoms with Crippen LogP contribution in [0.5, 0.6) is 0 Å². The third-order valence-electron chi connectivity index (χ3n) is 2.34. The van der Waals surface area contributed by atoms with Gasteiger partial charge in [-0.3, -0.25) is 0 Å². The van der Waals surface area contributed by atoms with Gasteiger partial charge in [0.2, 0.25) is 0 Å². The molecule has 0 aliphatic rings. The molecule has 3 N–H and O–H groups in total. The minimum absolute atomic E-state index is 0.195. The third-order valence-corrected chi connectivity index (χ3v) is 2.83. The van der Waals surface area contributed by atoms with E-state index in [1.807, 2.05) is 31.2 Å². The minimum Gasteiger partial charge on any atom is -0.396 e. The fourth-order valence-corrected chi connectivity index (χ4v) is 1.83. The molecular formula is C11H16BrNO. The molecule has 0 fully saturated rings. The van der Waals surface area contributed by atoms with Crippen LogP contribution in [0.4, 0.5) is 0 Å². The number of hydrogen-bond acceptors (Lipinski definition) is 2. The third kappa shape index (κ3) is 3.08. The highest BCUT2D eigenvalue weighted by molar-refractivity contribution is 9.10. The molecule has 1 rings (SSSR count). The molecule has 0 saturated carbocycles. The Morgan fingerprint density at radius 3 is 2.79 bits per heavy atom. The number of nitrogens with two attached hydrogens (primary N) is 1. The first kappa shape index (κ1) is 11.7. The van der Waals surface area contributed by atoms with E-state index in [1.54, 1.807) is 0 Å². The van der Waals surface area contributed by atoms with Crippen molar-refractivity contribution in [1.29, 1.82) is 0 Å². The van der Waals surface area contributed by atoms with Crippen LogP contribution in [0.1, 0.15) is 25.3 Å². The van der Waals surface area contributed by atoms with Crippen molar-refractivity contribution in [2.24, 2.45) is 5.73 Å². The first-order valence-corrected chi connectivity index (χ1v) is 5.51. The van der Waals surface area contributed by atoms with Gasteiger partial charge in [-0.25, -0.2) is 0 Å². The molecule has 3 heteroatoms. The maximum atomic E-state index is 8.77. The minimum atomic E-state index is -0.355. The normalized spacial score (nSPS) is 15.1. The lowest BCUT2D eigenvalue weighted by atomic mass is 9.89. The van der Waals surface area contributed by atoms with Crippen molar-refractivity contribution in [3.8, 4) is 0 Å². The molecule has 78 valence electrons. The van der Waals surface area contributed by atoms with E-state index in [0.717, 1.165) is 22.9 Å². The predicted molar refractivity (Wildman–Crippen MR) is 62.0 cm³/mol. The monoisotopic (exact) mass is 257 g/mol. The van der Waals surface area contributed by atoms with Crippen LogP contribution in [0.3, 0.4) is 0 Å². The van der Waals surface area contributed by atoms with Crippen molar-refractivity contribution in [3.63, 3.8) is 0 Å². The van der Waals surface area contributed by atoms with Crippen LogP contribution in [0.15, 0.2) is 28.7 Å². The SMILES string of the molecule is CC(N)(CCCO)c1cccc(Br)c1. The molecule has 0 aromatic heterocycles. The number of aliphatic hydroxyl groups is 1. The first-order chi connectivity index (χ1) is 6.56. The van der Waals surface area contributed by atoms with Crippen molar-refractivity contribution >= 4 is 15.9 Å². The van der Waals surface area contributed by atoms with E-state index in [-0.39, 0.29) is 12.1 Å². The van der Waals surface area contributed by atoms with Crippen LogP contribution < -0.4 is 5.73 Å². The molecule has 1 atom stereocenters. The van der Waals surface area contributed by atoms with Crippen molar-refractivity contribution in [1.82, 2.24) is 0 Å². The van der Waals surface area contributed by atoms with Gasteiger partial charge in [-0.05, 0) is 37.5 Å². The summed E-state index contributed by atoms with van der Waals surface area (Å²) in [4.78, 5) is 0. The Balaban J connectivity index is 2.80. The zero-order chi connectivity index (χ0) is 10.6. The van der Waals surface area contributed by atoms with Crippen molar-refractivity contribution < 1.29 is 5.11 Å². The molecule has 0 aliphatic heterocycles. The summed E-state index contributed by atoms with van der Waals surface area (Å²) in [6.45, 7) is 2.19. The molecule has 1 unspecified atom stereocenters. The van der Waals surface area contributed by atoms with E-state index >= 15 is 0 Å². The van der Waals surface area contributed by atoms with Gasteiger partial charge in [0.1, 0.15) is 0 Å². The molecule has 0 bridgehead atoms. The molecular weight excluding hydrogens is 242 g/mol. The number of benzene rings is 1. The van der Waals surface area contributed by atoms with Crippen molar-refractivity contribution in [3.05, 3.63) is 34.3 Å².